The van der Waals surface area contributed by atoms with Gasteiger partial charge in [0.25, 0.3) is 0 Å². The number of anilines is 1. The molecule has 37 heavy (non-hydrogen) atoms. The Morgan fingerprint density at radius 3 is 2.62 bits per heavy atom. The zero-order valence-corrected chi connectivity index (χ0v) is 22.1. The number of amides is 2. The highest BCUT2D eigenvalue weighted by molar-refractivity contribution is 6.35. The maximum atomic E-state index is 12.0. The second kappa shape index (κ2) is 8.90. The Morgan fingerprint density at radius 2 is 1.92 bits per heavy atom. The zero-order chi connectivity index (χ0) is 25.9. The highest BCUT2D eigenvalue weighted by Gasteiger charge is 2.50. The third-order valence-corrected chi connectivity index (χ3v) is 8.86. The highest BCUT2D eigenvalue weighted by Crippen LogP contribution is 2.51. The summed E-state index contributed by atoms with van der Waals surface area (Å²) in [7, 11) is 0. The first-order valence-corrected chi connectivity index (χ1v) is 13.3. The minimum atomic E-state index is 0.0152. The van der Waals surface area contributed by atoms with Crippen LogP contribution in [0.2, 0.25) is 5.02 Å². The number of benzene rings is 1. The fourth-order valence-electron chi connectivity index (χ4n) is 6.57. The molecule has 3 aliphatic rings. The molecule has 1 atom stereocenters. The number of halogens is 1. The molecule has 3 fully saturated rings. The van der Waals surface area contributed by atoms with E-state index in [1.165, 1.54) is 6.08 Å². The second-order valence-electron chi connectivity index (χ2n) is 10.8. The topological polar surface area (TPSA) is 90.4 Å². The zero-order valence-electron chi connectivity index (χ0n) is 21.3. The molecule has 1 N–H and O–H groups in total. The van der Waals surface area contributed by atoms with Crippen LogP contribution < -0.4 is 4.90 Å². The summed E-state index contributed by atoms with van der Waals surface area (Å²) in [5, 5.41) is 14.2. The average molecular weight is 522 g/mol. The number of hydrogen-bond acceptors (Lipinski definition) is 5. The van der Waals surface area contributed by atoms with Crippen LogP contribution in [-0.4, -0.2) is 80.9 Å². The van der Waals surface area contributed by atoms with Crippen LogP contribution in [0.4, 0.5) is 5.82 Å². The van der Waals surface area contributed by atoms with E-state index in [1.54, 1.807) is 6.92 Å². The van der Waals surface area contributed by atoms with Gasteiger partial charge in [-0.25, -0.2) is 0 Å². The number of carbonyl (C=O) groups is 2. The molecular formula is C27H32ClN7O2. The molecule has 0 radical (unpaired) electrons. The fourth-order valence-corrected chi connectivity index (χ4v) is 6.83. The molecule has 1 spiro atoms. The molecule has 4 heterocycles. The number of fused-ring (bicyclic) bond motifs is 1. The van der Waals surface area contributed by atoms with Gasteiger partial charge in [0, 0.05) is 78.8 Å². The predicted octanol–water partition coefficient (Wildman–Crippen LogP) is 3.80. The van der Waals surface area contributed by atoms with Crippen molar-refractivity contribution < 1.29 is 9.59 Å². The summed E-state index contributed by atoms with van der Waals surface area (Å²) in [4.78, 5) is 30.0. The smallest absolute Gasteiger partial charge is 0.245 e. The molecule has 0 unspecified atom stereocenters. The van der Waals surface area contributed by atoms with Crippen molar-refractivity contribution in [2.75, 3.05) is 44.2 Å². The highest BCUT2D eigenvalue weighted by atomic mass is 35.5. The lowest BCUT2D eigenvalue weighted by Gasteiger charge is -2.48. The van der Waals surface area contributed by atoms with Gasteiger partial charge in [-0.3, -0.25) is 19.4 Å². The summed E-state index contributed by atoms with van der Waals surface area (Å²) in [6.07, 6.45) is 6.34. The lowest BCUT2D eigenvalue weighted by molar-refractivity contribution is -0.137. The number of carbonyl (C=O) groups excluding carboxylic acids is 2. The number of nitrogens with one attached hydrogen (secondary N) is 1. The van der Waals surface area contributed by atoms with E-state index in [1.807, 2.05) is 28.1 Å². The Morgan fingerprint density at radius 1 is 1.16 bits per heavy atom. The van der Waals surface area contributed by atoms with Gasteiger partial charge in [0.05, 0.1) is 17.8 Å². The minimum absolute atomic E-state index is 0.0152. The van der Waals surface area contributed by atoms with E-state index in [-0.39, 0.29) is 23.3 Å². The third kappa shape index (κ3) is 3.91. The number of aromatic nitrogens is 4. The van der Waals surface area contributed by atoms with E-state index >= 15 is 0 Å². The number of piperazine rings is 1. The Balaban J connectivity index is 1.38. The number of H-pyrrole nitrogens is 1. The van der Waals surface area contributed by atoms with Crippen LogP contribution in [0.15, 0.2) is 31.0 Å². The standard InChI is InChI=1S/C27H32ClN7O2/c1-4-23(37)34-15-27(16-34)8-7-19(13-27)35-17(2)24(25-20-14-29-30-22(20)6-5-21(25)28)26(31-35)33-11-9-32(10-12-33)18(3)36/h4-6,14,19H,1,7-13,15-16H2,2-3H3,(H,29,30)/t19-/m0/s1. The summed E-state index contributed by atoms with van der Waals surface area (Å²) in [5.74, 6) is 1.03. The molecule has 194 valence electrons. The lowest BCUT2D eigenvalue weighted by Crippen LogP contribution is -2.56. The summed E-state index contributed by atoms with van der Waals surface area (Å²) in [6, 6.07) is 4.12. The largest absolute Gasteiger partial charge is 0.351 e. The van der Waals surface area contributed by atoms with Crippen molar-refractivity contribution in [1.29, 1.82) is 0 Å². The molecule has 9 nitrogen and oxygen atoms in total. The molecule has 10 heteroatoms. The number of aromatic amines is 1. The first kappa shape index (κ1) is 24.0. The molecule has 1 saturated carbocycles. The third-order valence-electron chi connectivity index (χ3n) is 8.54. The van der Waals surface area contributed by atoms with Gasteiger partial charge in [0.1, 0.15) is 0 Å². The van der Waals surface area contributed by atoms with Crippen molar-refractivity contribution in [3.8, 4) is 11.1 Å². The summed E-state index contributed by atoms with van der Waals surface area (Å²) in [6.45, 7) is 11.7. The molecule has 1 aromatic carbocycles. The van der Waals surface area contributed by atoms with E-state index in [0.717, 1.165) is 79.0 Å². The van der Waals surface area contributed by atoms with E-state index in [2.05, 4.69) is 33.3 Å². The molecule has 2 aromatic heterocycles. The van der Waals surface area contributed by atoms with Crippen LogP contribution in [0.1, 0.15) is 37.9 Å². The lowest BCUT2D eigenvalue weighted by atomic mass is 9.78. The van der Waals surface area contributed by atoms with E-state index in [0.29, 0.717) is 18.1 Å². The van der Waals surface area contributed by atoms with Gasteiger partial charge in [-0.2, -0.15) is 10.2 Å². The predicted molar refractivity (Wildman–Crippen MR) is 144 cm³/mol. The number of nitrogens with zero attached hydrogens (tertiary/aromatic N) is 6. The molecule has 6 rings (SSSR count). The summed E-state index contributed by atoms with van der Waals surface area (Å²) < 4.78 is 2.20. The second-order valence-corrected chi connectivity index (χ2v) is 11.2. The van der Waals surface area contributed by atoms with E-state index in [9.17, 15) is 9.59 Å². The molecule has 0 bridgehead atoms. The molecule has 3 aromatic rings. The van der Waals surface area contributed by atoms with E-state index in [4.69, 9.17) is 16.7 Å². The number of likely N-dealkylation sites (tertiary alicyclic amines) is 1. The van der Waals surface area contributed by atoms with Crippen LogP contribution in [-0.2, 0) is 9.59 Å². The van der Waals surface area contributed by atoms with Crippen molar-refractivity contribution in [2.24, 2.45) is 5.41 Å². The van der Waals surface area contributed by atoms with Crippen molar-refractivity contribution >= 4 is 40.1 Å². The Hall–Kier alpha value is -3.33. The quantitative estimate of drug-likeness (QED) is 0.527. The maximum absolute atomic E-state index is 12.0. The number of hydrogen-bond donors (Lipinski definition) is 1. The van der Waals surface area contributed by atoms with Crippen LogP contribution in [0, 0.1) is 12.3 Å². The SMILES string of the molecule is C=CC(=O)N1CC2(CC[C@H](n3nc(N4CCN(C(C)=O)CC4)c(-c4c(Cl)ccc5[nH]ncc45)c3C)C2)C1. The van der Waals surface area contributed by atoms with Crippen LogP contribution in [0.25, 0.3) is 22.0 Å². The van der Waals surface area contributed by atoms with Crippen molar-refractivity contribution in [2.45, 2.75) is 39.2 Å². The van der Waals surface area contributed by atoms with Gasteiger partial charge in [-0.05, 0) is 44.4 Å². The molecule has 1 aliphatic carbocycles. The fraction of sp³-hybridized carbons (Fsp3) is 0.481. The molecule has 2 aliphatic heterocycles. The van der Waals surface area contributed by atoms with Crippen molar-refractivity contribution in [3.63, 3.8) is 0 Å². The molecule has 2 saturated heterocycles. The van der Waals surface area contributed by atoms with Gasteiger partial charge in [-0.1, -0.05) is 18.2 Å². The van der Waals surface area contributed by atoms with Crippen molar-refractivity contribution in [3.05, 3.63) is 41.7 Å². The van der Waals surface area contributed by atoms with E-state index < -0.39 is 0 Å². The van der Waals surface area contributed by atoms with Gasteiger partial charge in [0.2, 0.25) is 11.8 Å². The van der Waals surface area contributed by atoms with Gasteiger partial charge in [0.15, 0.2) is 5.82 Å². The van der Waals surface area contributed by atoms with Crippen LogP contribution in [0.5, 0.6) is 0 Å². The molecule has 2 amide bonds. The Bertz CT molecular complexity index is 1400. The Labute approximate surface area is 221 Å². The van der Waals surface area contributed by atoms with Gasteiger partial charge < -0.3 is 14.7 Å². The van der Waals surface area contributed by atoms with Crippen LogP contribution in [0.3, 0.4) is 0 Å². The summed E-state index contributed by atoms with van der Waals surface area (Å²) >= 11 is 6.85. The maximum Gasteiger partial charge on any atom is 0.245 e. The van der Waals surface area contributed by atoms with Gasteiger partial charge in [-0.15, -0.1) is 0 Å². The van der Waals surface area contributed by atoms with Crippen LogP contribution >= 0.6 is 11.6 Å². The molecular weight excluding hydrogens is 490 g/mol. The van der Waals surface area contributed by atoms with Gasteiger partial charge >= 0.3 is 0 Å². The summed E-state index contributed by atoms with van der Waals surface area (Å²) in [5.41, 5.74) is 4.16. The first-order chi connectivity index (χ1) is 17.8. The minimum Gasteiger partial charge on any atom is -0.351 e. The van der Waals surface area contributed by atoms with Crippen molar-refractivity contribution in [1.82, 2.24) is 29.8 Å². The average Bonchev–Trinajstić information content (AvgIpc) is 3.60. The monoisotopic (exact) mass is 521 g/mol. The normalized spacial score (nSPS) is 21.1. The first-order valence-electron chi connectivity index (χ1n) is 12.9. The number of rotatable bonds is 4. The Kier molecular flexibility index (Phi) is 5.78.